The fourth-order valence-corrected chi connectivity index (χ4v) is 2.63. The molecule has 0 saturated heterocycles. The SMILES string of the molecule is C/C=C\C(=C/c1nc(Nc2ccccc2Cl)c(C(=O)N(C)OC)cc1C)OC. The summed E-state index contributed by atoms with van der Waals surface area (Å²) in [6.07, 6.45) is 5.51. The van der Waals surface area contributed by atoms with Crippen LogP contribution in [0.5, 0.6) is 0 Å². The van der Waals surface area contributed by atoms with Gasteiger partial charge in [-0.15, -0.1) is 0 Å². The lowest BCUT2D eigenvalue weighted by atomic mass is 10.1. The van der Waals surface area contributed by atoms with E-state index < -0.39 is 0 Å². The first-order valence-corrected chi connectivity index (χ1v) is 9.02. The average molecular weight is 402 g/mol. The minimum Gasteiger partial charge on any atom is -0.497 e. The average Bonchev–Trinajstić information content (AvgIpc) is 2.70. The lowest BCUT2D eigenvalue weighted by Crippen LogP contribution is -2.26. The van der Waals surface area contributed by atoms with Gasteiger partial charge in [-0.25, -0.2) is 10.0 Å². The van der Waals surface area contributed by atoms with Crippen molar-refractivity contribution in [3.05, 3.63) is 70.1 Å². The second-order valence-corrected chi connectivity index (χ2v) is 6.33. The molecule has 1 heterocycles. The predicted molar refractivity (Wildman–Crippen MR) is 113 cm³/mol. The molecule has 2 rings (SSSR count). The van der Waals surface area contributed by atoms with E-state index in [1.54, 1.807) is 32.4 Å². The van der Waals surface area contributed by atoms with Crippen molar-refractivity contribution in [3.63, 3.8) is 0 Å². The number of hydroxylamine groups is 2. The molecule has 148 valence electrons. The first kappa shape index (κ1) is 21.5. The molecule has 7 heteroatoms. The maximum Gasteiger partial charge on any atom is 0.280 e. The molecular formula is C21H24ClN3O3. The Balaban J connectivity index is 2.61. The third-order valence-corrected chi connectivity index (χ3v) is 4.34. The number of amides is 1. The maximum absolute atomic E-state index is 12.8. The van der Waals surface area contributed by atoms with E-state index in [0.717, 1.165) is 10.6 Å². The smallest absolute Gasteiger partial charge is 0.280 e. The van der Waals surface area contributed by atoms with Crippen molar-refractivity contribution in [3.8, 4) is 0 Å². The molecule has 0 saturated carbocycles. The van der Waals surface area contributed by atoms with Crippen molar-refractivity contribution in [2.45, 2.75) is 13.8 Å². The standard InChI is InChI=1S/C21H24ClN3O3/c1-6-9-15(27-4)13-19-14(2)12-16(21(26)25(3)28-5)20(24-19)23-18-11-8-7-10-17(18)22/h6-13H,1-5H3,(H,23,24)/b9-6-,15-13+. The van der Waals surface area contributed by atoms with E-state index in [2.05, 4.69) is 10.3 Å². The zero-order valence-electron chi connectivity index (χ0n) is 16.6. The van der Waals surface area contributed by atoms with E-state index >= 15 is 0 Å². The highest BCUT2D eigenvalue weighted by atomic mass is 35.5. The second-order valence-electron chi connectivity index (χ2n) is 5.93. The second kappa shape index (κ2) is 9.92. The number of benzene rings is 1. The molecule has 1 amide bonds. The number of anilines is 2. The summed E-state index contributed by atoms with van der Waals surface area (Å²) in [7, 11) is 4.56. The van der Waals surface area contributed by atoms with Gasteiger partial charge in [0.2, 0.25) is 0 Å². The summed E-state index contributed by atoms with van der Waals surface area (Å²) in [6.45, 7) is 3.78. The number of hydrogen-bond acceptors (Lipinski definition) is 5. The van der Waals surface area contributed by atoms with Crippen molar-refractivity contribution in [2.75, 3.05) is 26.6 Å². The van der Waals surface area contributed by atoms with Crippen molar-refractivity contribution in [1.82, 2.24) is 10.0 Å². The number of carbonyl (C=O) groups excluding carboxylic acids is 1. The molecule has 6 nitrogen and oxygen atoms in total. The largest absolute Gasteiger partial charge is 0.497 e. The lowest BCUT2D eigenvalue weighted by Gasteiger charge is -2.18. The van der Waals surface area contributed by atoms with Gasteiger partial charge in [-0.2, -0.15) is 0 Å². The summed E-state index contributed by atoms with van der Waals surface area (Å²) in [5.74, 6) is 0.688. The van der Waals surface area contributed by atoms with E-state index in [1.165, 1.54) is 7.11 Å². The number of methoxy groups -OCH3 is 1. The fraction of sp³-hybridized carbons (Fsp3) is 0.238. The molecule has 0 radical (unpaired) electrons. The van der Waals surface area contributed by atoms with Gasteiger partial charge in [0.15, 0.2) is 0 Å². The summed E-state index contributed by atoms with van der Waals surface area (Å²) >= 11 is 6.26. The van der Waals surface area contributed by atoms with Crippen LogP contribution in [0.3, 0.4) is 0 Å². The molecule has 0 bridgehead atoms. The Hall–Kier alpha value is -2.83. The van der Waals surface area contributed by atoms with E-state index in [-0.39, 0.29) is 5.91 Å². The maximum atomic E-state index is 12.8. The van der Waals surface area contributed by atoms with Crippen LogP contribution in [0.2, 0.25) is 5.02 Å². The van der Waals surface area contributed by atoms with Crippen LogP contribution in [-0.4, -0.2) is 37.2 Å². The third-order valence-electron chi connectivity index (χ3n) is 4.02. The first-order valence-electron chi connectivity index (χ1n) is 8.65. The van der Waals surface area contributed by atoms with Crippen molar-refractivity contribution < 1.29 is 14.4 Å². The number of para-hydroxylation sites is 1. The highest BCUT2D eigenvalue weighted by Crippen LogP contribution is 2.28. The molecule has 0 spiro atoms. The fourth-order valence-electron chi connectivity index (χ4n) is 2.45. The van der Waals surface area contributed by atoms with Gasteiger partial charge in [0.05, 0.1) is 36.2 Å². The van der Waals surface area contributed by atoms with Gasteiger partial charge in [0.1, 0.15) is 11.6 Å². The minimum atomic E-state index is -0.330. The molecule has 1 aromatic heterocycles. The molecule has 1 aromatic carbocycles. The van der Waals surface area contributed by atoms with E-state index in [1.807, 2.05) is 44.2 Å². The van der Waals surface area contributed by atoms with Crippen LogP contribution >= 0.6 is 11.6 Å². The molecule has 0 unspecified atom stereocenters. The number of ether oxygens (including phenoxy) is 1. The van der Waals surface area contributed by atoms with E-state index in [0.29, 0.717) is 33.5 Å². The Kier molecular flexibility index (Phi) is 7.61. The van der Waals surface area contributed by atoms with Crippen LogP contribution in [-0.2, 0) is 9.57 Å². The molecule has 0 atom stereocenters. The summed E-state index contributed by atoms with van der Waals surface area (Å²) < 4.78 is 5.36. The quantitative estimate of drug-likeness (QED) is 0.402. The zero-order valence-corrected chi connectivity index (χ0v) is 17.4. The van der Waals surface area contributed by atoms with E-state index in [9.17, 15) is 4.79 Å². The normalized spacial score (nSPS) is 11.6. The van der Waals surface area contributed by atoms with Gasteiger partial charge in [-0.3, -0.25) is 9.63 Å². The van der Waals surface area contributed by atoms with Crippen molar-refractivity contribution in [2.24, 2.45) is 0 Å². The van der Waals surface area contributed by atoms with Crippen LogP contribution < -0.4 is 5.32 Å². The highest BCUT2D eigenvalue weighted by molar-refractivity contribution is 6.33. The van der Waals surface area contributed by atoms with Gasteiger partial charge in [0.25, 0.3) is 5.91 Å². The lowest BCUT2D eigenvalue weighted by molar-refractivity contribution is -0.0756. The number of rotatable bonds is 7. The number of halogens is 1. The molecule has 1 N–H and O–H groups in total. The Morgan fingerprint density at radius 2 is 2.00 bits per heavy atom. The molecular weight excluding hydrogens is 378 g/mol. The van der Waals surface area contributed by atoms with Crippen LogP contribution in [0.1, 0.15) is 28.5 Å². The Morgan fingerprint density at radius 3 is 2.61 bits per heavy atom. The van der Waals surface area contributed by atoms with Gasteiger partial charge in [0, 0.05) is 13.1 Å². The highest BCUT2D eigenvalue weighted by Gasteiger charge is 2.20. The third kappa shape index (κ3) is 5.12. The van der Waals surface area contributed by atoms with Crippen LogP contribution in [0.15, 0.2) is 48.2 Å². The van der Waals surface area contributed by atoms with Crippen LogP contribution in [0.25, 0.3) is 6.08 Å². The number of allylic oxidation sites excluding steroid dienone is 2. The molecule has 0 aliphatic rings. The summed E-state index contributed by atoms with van der Waals surface area (Å²) in [6, 6.07) is 9.02. The van der Waals surface area contributed by atoms with Gasteiger partial charge < -0.3 is 10.1 Å². The molecule has 28 heavy (non-hydrogen) atoms. The van der Waals surface area contributed by atoms with E-state index in [4.69, 9.17) is 21.2 Å². The number of aromatic nitrogens is 1. The number of aryl methyl sites for hydroxylation is 1. The Morgan fingerprint density at radius 1 is 1.29 bits per heavy atom. The predicted octanol–water partition coefficient (Wildman–Crippen LogP) is 4.98. The zero-order chi connectivity index (χ0) is 20.7. The summed E-state index contributed by atoms with van der Waals surface area (Å²) in [5, 5.41) is 4.82. The summed E-state index contributed by atoms with van der Waals surface area (Å²) in [4.78, 5) is 22.4. The number of carbonyl (C=O) groups is 1. The Bertz CT molecular complexity index is 910. The van der Waals surface area contributed by atoms with Gasteiger partial charge in [-0.1, -0.05) is 29.8 Å². The first-order chi connectivity index (χ1) is 13.4. The molecule has 0 aliphatic heterocycles. The molecule has 0 aliphatic carbocycles. The van der Waals surface area contributed by atoms with Gasteiger partial charge >= 0.3 is 0 Å². The molecule has 0 fully saturated rings. The number of hydrogen-bond donors (Lipinski definition) is 1. The number of pyridine rings is 1. The number of nitrogens with one attached hydrogen (secondary N) is 1. The number of nitrogens with zero attached hydrogens (tertiary/aromatic N) is 2. The van der Waals surface area contributed by atoms with Gasteiger partial charge in [-0.05, 0) is 43.7 Å². The van der Waals surface area contributed by atoms with Crippen molar-refractivity contribution >= 4 is 35.1 Å². The van der Waals surface area contributed by atoms with Crippen LogP contribution in [0.4, 0.5) is 11.5 Å². The minimum absolute atomic E-state index is 0.330. The Labute approximate surface area is 170 Å². The van der Waals surface area contributed by atoms with Crippen LogP contribution in [0, 0.1) is 6.92 Å². The topological polar surface area (TPSA) is 63.7 Å². The van der Waals surface area contributed by atoms with Crippen molar-refractivity contribution in [1.29, 1.82) is 0 Å². The molecule has 2 aromatic rings. The summed E-state index contributed by atoms with van der Waals surface area (Å²) in [5.41, 5.74) is 2.49. The monoisotopic (exact) mass is 401 g/mol.